The Morgan fingerprint density at radius 3 is 2.53 bits per heavy atom. The number of nitrogens with zero attached hydrogens (tertiary/aromatic N) is 3. The number of rotatable bonds is 10. The van der Waals surface area contributed by atoms with Crippen LogP contribution in [0.25, 0.3) is 0 Å². The molecular weight excluding hydrogens is 402 g/mol. The molecule has 2 heterocycles. The first-order valence-corrected chi connectivity index (χ1v) is 11.8. The average molecular weight is 442 g/mol. The van der Waals surface area contributed by atoms with Gasteiger partial charge in [0.1, 0.15) is 12.7 Å². The van der Waals surface area contributed by atoms with Gasteiger partial charge in [-0.05, 0) is 69.2 Å². The van der Waals surface area contributed by atoms with E-state index in [1.807, 2.05) is 24.4 Å². The van der Waals surface area contributed by atoms with Gasteiger partial charge in [0.2, 0.25) is 0 Å². The second kappa shape index (κ2) is 12.8. The quantitative estimate of drug-likeness (QED) is 0.601. The monoisotopic (exact) mass is 441 g/mol. The minimum atomic E-state index is -0.508. The molecule has 1 atom stereocenters. The van der Waals surface area contributed by atoms with Crippen molar-refractivity contribution in [2.24, 2.45) is 0 Å². The summed E-state index contributed by atoms with van der Waals surface area (Å²) in [5.41, 5.74) is 3.44. The van der Waals surface area contributed by atoms with E-state index in [9.17, 15) is 5.11 Å². The third kappa shape index (κ3) is 7.76. The lowest BCUT2D eigenvalue weighted by molar-refractivity contribution is 0.0645. The van der Waals surface area contributed by atoms with Crippen molar-refractivity contribution in [2.75, 3.05) is 40.4 Å². The van der Waals surface area contributed by atoms with Crippen LogP contribution in [0.1, 0.15) is 48.9 Å². The summed E-state index contributed by atoms with van der Waals surface area (Å²) in [7, 11) is 3.75. The molecule has 1 N–H and O–H groups in total. The summed E-state index contributed by atoms with van der Waals surface area (Å²) in [5, 5.41) is 10.5. The molecule has 0 amide bonds. The summed E-state index contributed by atoms with van der Waals surface area (Å²) < 4.78 is 11.5. The molecule has 32 heavy (non-hydrogen) atoms. The Kier molecular flexibility index (Phi) is 9.78. The summed E-state index contributed by atoms with van der Waals surface area (Å²) >= 11 is 0. The molecule has 0 saturated carbocycles. The smallest absolute Gasteiger partial charge is 0.161 e. The SMILES string of the molecule is COc1cc(CN(C)Cc2ncccc2C)ccc1OC[C@@H](O)CN1CCCCCCC1. The van der Waals surface area contributed by atoms with E-state index in [-0.39, 0.29) is 6.61 Å². The number of hydrogen-bond acceptors (Lipinski definition) is 6. The first-order chi connectivity index (χ1) is 15.5. The largest absolute Gasteiger partial charge is 0.493 e. The van der Waals surface area contributed by atoms with E-state index in [0.29, 0.717) is 18.0 Å². The Hall–Kier alpha value is -2.15. The fraction of sp³-hybridized carbons (Fsp3) is 0.577. The predicted octanol–water partition coefficient (Wildman–Crippen LogP) is 4.04. The van der Waals surface area contributed by atoms with Gasteiger partial charge < -0.3 is 19.5 Å². The molecule has 1 aromatic carbocycles. The summed E-state index contributed by atoms with van der Waals surface area (Å²) in [5.74, 6) is 1.37. The van der Waals surface area contributed by atoms with Crippen molar-refractivity contribution < 1.29 is 14.6 Å². The number of aliphatic hydroxyl groups is 1. The molecule has 1 aliphatic rings. The third-order valence-corrected chi connectivity index (χ3v) is 6.07. The van der Waals surface area contributed by atoms with Crippen LogP contribution in [0.3, 0.4) is 0 Å². The van der Waals surface area contributed by atoms with Crippen molar-refractivity contribution in [1.29, 1.82) is 0 Å². The number of aryl methyl sites for hydroxylation is 1. The first kappa shape index (κ1) is 24.5. The first-order valence-electron chi connectivity index (χ1n) is 11.8. The highest BCUT2D eigenvalue weighted by atomic mass is 16.5. The van der Waals surface area contributed by atoms with E-state index in [1.165, 1.54) is 37.7 Å². The molecular formula is C26H39N3O3. The molecule has 0 spiro atoms. The van der Waals surface area contributed by atoms with E-state index in [4.69, 9.17) is 9.47 Å². The van der Waals surface area contributed by atoms with Crippen molar-refractivity contribution in [3.8, 4) is 11.5 Å². The van der Waals surface area contributed by atoms with Crippen LogP contribution in [0.15, 0.2) is 36.5 Å². The van der Waals surface area contributed by atoms with E-state index in [0.717, 1.165) is 37.4 Å². The molecule has 3 rings (SSSR count). The van der Waals surface area contributed by atoms with E-state index in [1.54, 1.807) is 7.11 Å². The molecule has 1 saturated heterocycles. The number of methoxy groups -OCH3 is 1. The molecule has 1 aliphatic heterocycles. The lowest BCUT2D eigenvalue weighted by Crippen LogP contribution is -2.37. The van der Waals surface area contributed by atoms with Gasteiger partial charge >= 0.3 is 0 Å². The summed E-state index contributed by atoms with van der Waals surface area (Å²) in [4.78, 5) is 9.09. The lowest BCUT2D eigenvalue weighted by atomic mass is 10.1. The van der Waals surface area contributed by atoms with Gasteiger partial charge in [-0.3, -0.25) is 9.88 Å². The normalized spacial score (nSPS) is 16.4. The maximum absolute atomic E-state index is 10.5. The molecule has 0 aliphatic carbocycles. The second-order valence-electron chi connectivity index (χ2n) is 8.96. The highest BCUT2D eigenvalue weighted by molar-refractivity contribution is 5.43. The van der Waals surface area contributed by atoms with Gasteiger partial charge in [0.25, 0.3) is 0 Å². The van der Waals surface area contributed by atoms with Gasteiger partial charge in [-0.1, -0.05) is 31.4 Å². The highest BCUT2D eigenvalue weighted by Gasteiger charge is 2.15. The van der Waals surface area contributed by atoms with Crippen molar-refractivity contribution in [2.45, 2.75) is 58.2 Å². The Balaban J connectivity index is 1.51. The number of benzene rings is 1. The van der Waals surface area contributed by atoms with E-state index >= 15 is 0 Å². The Morgan fingerprint density at radius 2 is 1.81 bits per heavy atom. The van der Waals surface area contributed by atoms with Gasteiger partial charge in [0.15, 0.2) is 11.5 Å². The number of β-amino-alcohol motifs (C(OH)–C–C–N with tert-alkyl or cyclic N) is 1. The second-order valence-corrected chi connectivity index (χ2v) is 8.96. The number of aromatic nitrogens is 1. The number of hydrogen-bond donors (Lipinski definition) is 1. The van der Waals surface area contributed by atoms with Crippen LogP contribution in [0.4, 0.5) is 0 Å². The molecule has 176 valence electrons. The van der Waals surface area contributed by atoms with Crippen LogP contribution >= 0.6 is 0 Å². The number of likely N-dealkylation sites (tertiary alicyclic amines) is 1. The van der Waals surface area contributed by atoms with Crippen molar-refractivity contribution >= 4 is 0 Å². The molecule has 0 unspecified atom stereocenters. The predicted molar refractivity (Wildman–Crippen MR) is 128 cm³/mol. The fourth-order valence-corrected chi connectivity index (χ4v) is 4.27. The van der Waals surface area contributed by atoms with Crippen LogP contribution in [0.5, 0.6) is 11.5 Å². The van der Waals surface area contributed by atoms with Crippen LogP contribution in [0, 0.1) is 6.92 Å². The zero-order valence-corrected chi connectivity index (χ0v) is 19.9. The number of ether oxygens (including phenoxy) is 2. The fourth-order valence-electron chi connectivity index (χ4n) is 4.27. The standard InChI is InChI=1S/C26H39N3O3/c1-21-10-9-13-27-24(21)19-28(2)17-22-11-12-25(26(16-22)31-3)32-20-23(30)18-29-14-7-5-4-6-8-15-29/h9-13,16,23,30H,4-8,14-15,17-20H2,1-3H3/t23-/m0/s1. The van der Waals surface area contributed by atoms with Gasteiger partial charge in [-0.15, -0.1) is 0 Å². The van der Waals surface area contributed by atoms with Gasteiger partial charge in [-0.25, -0.2) is 0 Å². The maximum atomic E-state index is 10.5. The van der Waals surface area contributed by atoms with Crippen LogP contribution in [0.2, 0.25) is 0 Å². The topological polar surface area (TPSA) is 58.1 Å². The highest BCUT2D eigenvalue weighted by Crippen LogP contribution is 2.29. The van der Waals surface area contributed by atoms with Gasteiger partial charge in [0, 0.05) is 25.8 Å². The Bertz CT molecular complexity index is 822. The van der Waals surface area contributed by atoms with Gasteiger partial charge in [-0.2, -0.15) is 0 Å². The molecule has 6 nitrogen and oxygen atoms in total. The molecule has 1 fully saturated rings. The summed E-state index contributed by atoms with van der Waals surface area (Å²) in [6.45, 7) is 6.73. The molecule has 1 aromatic heterocycles. The minimum Gasteiger partial charge on any atom is -0.493 e. The van der Waals surface area contributed by atoms with Crippen molar-refractivity contribution in [3.63, 3.8) is 0 Å². The zero-order chi connectivity index (χ0) is 22.8. The van der Waals surface area contributed by atoms with E-state index < -0.39 is 6.10 Å². The molecule has 2 aromatic rings. The van der Waals surface area contributed by atoms with E-state index in [2.05, 4.69) is 40.9 Å². The number of pyridine rings is 1. The van der Waals surface area contributed by atoms with Crippen molar-refractivity contribution in [1.82, 2.24) is 14.8 Å². The Labute approximate surface area is 193 Å². The summed E-state index contributed by atoms with van der Waals surface area (Å²) in [6, 6.07) is 10.1. The summed E-state index contributed by atoms with van der Waals surface area (Å²) in [6.07, 6.45) is 7.70. The third-order valence-electron chi connectivity index (χ3n) is 6.07. The molecule has 6 heteroatoms. The number of aliphatic hydroxyl groups excluding tert-OH is 1. The zero-order valence-electron chi connectivity index (χ0n) is 19.9. The van der Waals surface area contributed by atoms with Crippen LogP contribution in [-0.4, -0.2) is 66.4 Å². The van der Waals surface area contributed by atoms with Crippen LogP contribution < -0.4 is 9.47 Å². The maximum Gasteiger partial charge on any atom is 0.161 e. The Morgan fingerprint density at radius 1 is 1.06 bits per heavy atom. The van der Waals surface area contributed by atoms with Crippen LogP contribution in [-0.2, 0) is 13.1 Å². The minimum absolute atomic E-state index is 0.269. The van der Waals surface area contributed by atoms with Gasteiger partial charge in [0.05, 0.1) is 12.8 Å². The van der Waals surface area contributed by atoms with Crippen molar-refractivity contribution in [3.05, 3.63) is 53.3 Å². The lowest BCUT2D eigenvalue weighted by Gasteiger charge is -2.26. The average Bonchev–Trinajstić information content (AvgIpc) is 2.76. The molecule has 0 radical (unpaired) electrons. The molecule has 0 bridgehead atoms.